The van der Waals surface area contributed by atoms with Gasteiger partial charge in [0.05, 0.1) is 0 Å². The molecule has 6 rings (SSSR count). The molecule has 2 heterocycles. The van der Waals surface area contributed by atoms with Gasteiger partial charge in [-0.2, -0.15) is 0 Å². The lowest BCUT2D eigenvalue weighted by molar-refractivity contribution is -0.133. The van der Waals surface area contributed by atoms with Crippen LogP contribution in [0.5, 0.6) is 0 Å². The van der Waals surface area contributed by atoms with E-state index in [-0.39, 0.29) is 0 Å². The lowest BCUT2D eigenvalue weighted by Crippen LogP contribution is -2.42. The second-order valence-electron chi connectivity index (χ2n) is 8.87. The molecule has 4 aromatic carbocycles. The van der Waals surface area contributed by atoms with E-state index in [1.54, 1.807) is 19.1 Å². The van der Waals surface area contributed by atoms with Crippen LogP contribution in [0, 0.1) is 0 Å². The number of carbonyl (C=O) groups excluding carboxylic acids is 3. The third kappa shape index (κ3) is 3.40. The fourth-order valence-corrected chi connectivity index (χ4v) is 4.68. The molecule has 5 aromatic rings. The molecule has 1 aliphatic heterocycles. The molecule has 2 N–H and O–H groups in total. The largest absolute Gasteiger partial charge is 0.456 e. The first-order valence-electron chi connectivity index (χ1n) is 11.3. The van der Waals surface area contributed by atoms with Crippen LogP contribution < -0.4 is 10.6 Å². The maximum atomic E-state index is 13.3. The van der Waals surface area contributed by atoms with E-state index >= 15 is 0 Å². The van der Waals surface area contributed by atoms with Crippen molar-refractivity contribution in [1.29, 1.82) is 0 Å². The standard InChI is InChI=1S/C28H21N3O4/c1-28(19-11-10-17-6-2-3-7-18(17)14-19)26(33)31(27(34)30-28)16-25(32)29-20-12-13-24-22(15-20)21-8-4-5-9-23(21)35-24/h2-15H,16H2,1H3,(H,29,32)(H,30,34). The number of imide groups is 1. The first-order valence-corrected chi connectivity index (χ1v) is 11.3. The van der Waals surface area contributed by atoms with Crippen LogP contribution in [0.3, 0.4) is 0 Å². The summed E-state index contributed by atoms with van der Waals surface area (Å²) >= 11 is 0. The number of hydrogen-bond acceptors (Lipinski definition) is 4. The zero-order valence-electron chi connectivity index (χ0n) is 18.9. The molecule has 1 atom stereocenters. The van der Waals surface area contributed by atoms with E-state index in [1.165, 1.54) is 0 Å². The summed E-state index contributed by atoms with van der Waals surface area (Å²) in [5.41, 5.74) is 1.44. The molecular weight excluding hydrogens is 442 g/mol. The van der Waals surface area contributed by atoms with Crippen molar-refractivity contribution in [3.63, 3.8) is 0 Å². The lowest BCUT2D eigenvalue weighted by Gasteiger charge is -2.22. The van der Waals surface area contributed by atoms with Crippen LogP contribution in [-0.2, 0) is 15.1 Å². The summed E-state index contributed by atoms with van der Waals surface area (Å²) in [6.45, 7) is 1.27. The Morgan fingerprint density at radius 3 is 2.49 bits per heavy atom. The van der Waals surface area contributed by atoms with E-state index in [9.17, 15) is 14.4 Å². The first-order chi connectivity index (χ1) is 16.9. The number of para-hydroxylation sites is 1. The van der Waals surface area contributed by atoms with Gasteiger partial charge in [-0.05, 0) is 53.6 Å². The highest BCUT2D eigenvalue weighted by Gasteiger charge is 2.49. The van der Waals surface area contributed by atoms with E-state index in [1.807, 2.05) is 72.8 Å². The fraction of sp³-hybridized carbons (Fsp3) is 0.107. The molecule has 0 spiro atoms. The van der Waals surface area contributed by atoms with E-state index in [0.717, 1.165) is 32.0 Å². The highest BCUT2D eigenvalue weighted by Crippen LogP contribution is 2.32. The molecule has 7 nitrogen and oxygen atoms in total. The predicted octanol–water partition coefficient (Wildman–Crippen LogP) is 5.14. The number of furan rings is 1. The third-order valence-corrected chi connectivity index (χ3v) is 6.56. The lowest BCUT2D eigenvalue weighted by atomic mass is 9.90. The molecule has 35 heavy (non-hydrogen) atoms. The Labute approximate surface area is 200 Å². The summed E-state index contributed by atoms with van der Waals surface area (Å²) in [7, 11) is 0. The molecule has 1 unspecified atom stereocenters. The van der Waals surface area contributed by atoms with Crippen molar-refractivity contribution in [1.82, 2.24) is 10.2 Å². The van der Waals surface area contributed by atoms with Gasteiger partial charge in [-0.25, -0.2) is 4.79 Å². The summed E-state index contributed by atoms with van der Waals surface area (Å²) in [5, 5.41) is 9.38. The summed E-state index contributed by atoms with van der Waals surface area (Å²) in [6.07, 6.45) is 0. The number of hydrogen-bond donors (Lipinski definition) is 2. The van der Waals surface area contributed by atoms with Gasteiger partial charge < -0.3 is 15.1 Å². The van der Waals surface area contributed by atoms with Gasteiger partial charge in [0.25, 0.3) is 5.91 Å². The van der Waals surface area contributed by atoms with Crippen molar-refractivity contribution in [3.8, 4) is 0 Å². The van der Waals surface area contributed by atoms with Gasteiger partial charge in [0.2, 0.25) is 5.91 Å². The van der Waals surface area contributed by atoms with Gasteiger partial charge in [0.15, 0.2) is 0 Å². The SMILES string of the molecule is CC1(c2ccc3ccccc3c2)NC(=O)N(CC(=O)Nc2ccc3oc4ccccc4c3c2)C1=O. The molecule has 1 aliphatic rings. The third-order valence-electron chi connectivity index (χ3n) is 6.56. The summed E-state index contributed by atoms with van der Waals surface area (Å²) in [4.78, 5) is 39.8. The van der Waals surface area contributed by atoms with Crippen molar-refractivity contribution in [2.75, 3.05) is 11.9 Å². The van der Waals surface area contributed by atoms with Crippen molar-refractivity contribution in [2.24, 2.45) is 0 Å². The van der Waals surface area contributed by atoms with E-state index < -0.39 is 29.9 Å². The Morgan fingerprint density at radius 2 is 1.63 bits per heavy atom. The molecule has 1 aromatic heterocycles. The quantitative estimate of drug-likeness (QED) is 0.361. The summed E-state index contributed by atoms with van der Waals surface area (Å²) in [5.74, 6) is -0.937. The molecular formula is C28H21N3O4. The molecule has 172 valence electrons. The van der Waals surface area contributed by atoms with Crippen molar-refractivity contribution in [3.05, 3.63) is 90.5 Å². The van der Waals surface area contributed by atoms with Crippen LogP contribution in [0.25, 0.3) is 32.7 Å². The van der Waals surface area contributed by atoms with Crippen LogP contribution in [0.2, 0.25) is 0 Å². The summed E-state index contributed by atoms with van der Waals surface area (Å²) < 4.78 is 5.82. The summed E-state index contributed by atoms with van der Waals surface area (Å²) in [6, 6.07) is 25.8. The van der Waals surface area contributed by atoms with E-state index in [4.69, 9.17) is 4.42 Å². The number of urea groups is 1. The number of nitrogens with one attached hydrogen (secondary N) is 2. The van der Waals surface area contributed by atoms with Crippen molar-refractivity contribution in [2.45, 2.75) is 12.5 Å². The zero-order chi connectivity index (χ0) is 24.2. The number of anilines is 1. The second-order valence-corrected chi connectivity index (χ2v) is 8.87. The smallest absolute Gasteiger partial charge is 0.325 e. The number of fused-ring (bicyclic) bond motifs is 4. The van der Waals surface area contributed by atoms with Gasteiger partial charge in [-0.3, -0.25) is 14.5 Å². The molecule has 1 fully saturated rings. The van der Waals surface area contributed by atoms with Crippen LogP contribution in [0.1, 0.15) is 12.5 Å². The molecule has 0 aliphatic carbocycles. The van der Waals surface area contributed by atoms with Crippen molar-refractivity contribution >= 4 is 56.2 Å². The zero-order valence-corrected chi connectivity index (χ0v) is 18.9. The maximum Gasteiger partial charge on any atom is 0.325 e. The molecule has 0 bridgehead atoms. The van der Waals surface area contributed by atoms with E-state index in [2.05, 4.69) is 10.6 Å². The Morgan fingerprint density at radius 1 is 0.886 bits per heavy atom. The Hall–Kier alpha value is -4.65. The minimum absolute atomic E-state index is 0.391. The second kappa shape index (κ2) is 7.70. The monoisotopic (exact) mass is 463 g/mol. The molecule has 0 saturated carbocycles. The van der Waals surface area contributed by atoms with Gasteiger partial charge in [0.1, 0.15) is 23.2 Å². The Bertz CT molecular complexity index is 1670. The van der Waals surface area contributed by atoms with Gasteiger partial charge in [0, 0.05) is 16.5 Å². The van der Waals surface area contributed by atoms with Crippen LogP contribution >= 0.6 is 0 Å². The number of rotatable bonds is 4. The van der Waals surface area contributed by atoms with Crippen LogP contribution in [0.4, 0.5) is 10.5 Å². The topological polar surface area (TPSA) is 91.7 Å². The number of nitrogens with zero attached hydrogens (tertiary/aromatic N) is 1. The van der Waals surface area contributed by atoms with Crippen LogP contribution in [-0.4, -0.2) is 29.3 Å². The van der Waals surface area contributed by atoms with Gasteiger partial charge in [-0.1, -0.05) is 54.6 Å². The first kappa shape index (κ1) is 20.9. The molecule has 1 saturated heterocycles. The van der Waals surface area contributed by atoms with Gasteiger partial charge in [-0.15, -0.1) is 0 Å². The fourth-order valence-electron chi connectivity index (χ4n) is 4.68. The number of benzene rings is 4. The minimum atomic E-state index is -1.25. The highest BCUT2D eigenvalue weighted by atomic mass is 16.3. The number of amides is 4. The van der Waals surface area contributed by atoms with E-state index in [0.29, 0.717) is 16.8 Å². The van der Waals surface area contributed by atoms with Gasteiger partial charge >= 0.3 is 6.03 Å². The average molecular weight is 463 g/mol. The molecule has 4 amide bonds. The minimum Gasteiger partial charge on any atom is -0.456 e. The van der Waals surface area contributed by atoms with Crippen LogP contribution in [0.15, 0.2) is 89.3 Å². The highest BCUT2D eigenvalue weighted by molar-refractivity contribution is 6.11. The maximum absolute atomic E-state index is 13.3. The number of carbonyl (C=O) groups is 3. The molecule has 0 radical (unpaired) electrons. The normalized spacial score (nSPS) is 17.9. The Balaban J connectivity index is 1.22. The van der Waals surface area contributed by atoms with Crippen molar-refractivity contribution < 1.29 is 18.8 Å². The molecule has 7 heteroatoms. The predicted molar refractivity (Wildman–Crippen MR) is 134 cm³/mol. The Kier molecular flexibility index (Phi) is 4.60. The average Bonchev–Trinajstić information content (AvgIpc) is 3.34.